The lowest BCUT2D eigenvalue weighted by Crippen LogP contribution is -2.17. The molecule has 0 saturated heterocycles. The van der Waals surface area contributed by atoms with Crippen LogP contribution in [0.3, 0.4) is 0 Å². The van der Waals surface area contributed by atoms with Gasteiger partial charge in [0, 0.05) is 17.6 Å². The molecule has 0 aliphatic carbocycles. The number of hydrogen-bond donors (Lipinski definition) is 0. The SMILES string of the molecule is Cc1c(C(C)(C)C)s/c(=N\C(=O)c2ccccc2C(F)(F)F)n1C. The first kappa shape index (κ1) is 18.4. The maximum absolute atomic E-state index is 13.1. The van der Waals surface area contributed by atoms with Crippen LogP contribution in [0.25, 0.3) is 0 Å². The summed E-state index contributed by atoms with van der Waals surface area (Å²) in [5, 5.41) is 0. The predicted molar refractivity (Wildman–Crippen MR) is 88.1 cm³/mol. The quantitative estimate of drug-likeness (QED) is 0.743. The van der Waals surface area contributed by atoms with Crippen molar-refractivity contribution in [2.24, 2.45) is 12.0 Å². The number of aromatic nitrogens is 1. The largest absolute Gasteiger partial charge is 0.417 e. The summed E-state index contributed by atoms with van der Waals surface area (Å²) in [6.07, 6.45) is -4.59. The van der Waals surface area contributed by atoms with Crippen molar-refractivity contribution in [1.29, 1.82) is 0 Å². The molecule has 7 heteroatoms. The summed E-state index contributed by atoms with van der Waals surface area (Å²) in [5.41, 5.74) is -0.588. The van der Waals surface area contributed by atoms with Gasteiger partial charge in [-0.25, -0.2) is 0 Å². The lowest BCUT2D eigenvalue weighted by Gasteiger charge is -2.17. The lowest BCUT2D eigenvalue weighted by molar-refractivity contribution is -0.137. The second-order valence-corrected chi connectivity index (χ2v) is 7.55. The normalized spacial score (nSPS) is 13.4. The summed E-state index contributed by atoms with van der Waals surface area (Å²) in [4.78, 5) is 17.7. The molecule has 0 fully saturated rings. The number of rotatable bonds is 1. The molecule has 0 bridgehead atoms. The Morgan fingerprint density at radius 2 is 1.75 bits per heavy atom. The summed E-state index contributed by atoms with van der Waals surface area (Å²) in [5.74, 6) is -0.889. The van der Waals surface area contributed by atoms with Gasteiger partial charge < -0.3 is 4.57 Å². The number of benzene rings is 1. The van der Waals surface area contributed by atoms with E-state index >= 15 is 0 Å². The standard InChI is InChI=1S/C17H19F3N2OS/c1-10-13(16(2,3)4)24-15(22(10)5)21-14(23)11-8-6-7-9-12(11)17(18,19)20/h6-9H,1-5H3/b21-15-. The highest BCUT2D eigenvalue weighted by Gasteiger charge is 2.34. The molecule has 3 nitrogen and oxygen atoms in total. The summed E-state index contributed by atoms with van der Waals surface area (Å²) in [7, 11) is 1.75. The molecule has 0 radical (unpaired) electrons. The van der Waals surface area contributed by atoms with Crippen LogP contribution in [0.5, 0.6) is 0 Å². The monoisotopic (exact) mass is 356 g/mol. The Morgan fingerprint density at radius 3 is 2.25 bits per heavy atom. The molecule has 1 aromatic heterocycles. The number of alkyl halides is 3. The highest BCUT2D eigenvalue weighted by molar-refractivity contribution is 7.09. The molecule has 0 spiro atoms. The van der Waals surface area contributed by atoms with Gasteiger partial charge in [0.15, 0.2) is 4.80 Å². The number of amides is 1. The third-order valence-corrected chi connectivity index (χ3v) is 5.31. The molecular formula is C17H19F3N2OS. The van der Waals surface area contributed by atoms with Crippen molar-refractivity contribution in [3.63, 3.8) is 0 Å². The number of nitrogens with zero attached hydrogens (tertiary/aromatic N) is 2. The van der Waals surface area contributed by atoms with Crippen LogP contribution in [-0.2, 0) is 18.6 Å². The molecule has 0 unspecified atom stereocenters. The lowest BCUT2D eigenvalue weighted by atomic mass is 9.93. The fourth-order valence-corrected chi connectivity index (χ4v) is 3.56. The van der Waals surface area contributed by atoms with Crippen LogP contribution in [0.15, 0.2) is 29.3 Å². The summed E-state index contributed by atoms with van der Waals surface area (Å²) >= 11 is 1.32. The van der Waals surface area contributed by atoms with E-state index in [9.17, 15) is 18.0 Å². The van der Waals surface area contributed by atoms with Crippen LogP contribution in [0.2, 0.25) is 0 Å². The molecule has 1 amide bonds. The van der Waals surface area contributed by atoms with Crippen molar-refractivity contribution in [3.05, 3.63) is 50.8 Å². The minimum atomic E-state index is -4.59. The summed E-state index contributed by atoms with van der Waals surface area (Å²) in [6.45, 7) is 8.02. The van der Waals surface area contributed by atoms with Gasteiger partial charge >= 0.3 is 6.18 Å². The molecule has 2 aromatic rings. The molecule has 0 aliphatic heterocycles. The van der Waals surface area contributed by atoms with Crippen molar-refractivity contribution >= 4 is 17.2 Å². The predicted octanol–water partition coefficient (Wildman–Crippen LogP) is 4.45. The average molecular weight is 356 g/mol. The van der Waals surface area contributed by atoms with Gasteiger partial charge in [-0.3, -0.25) is 4.79 Å². The Kier molecular flexibility index (Phi) is 4.77. The van der Waals surface area contributed by atoms with E-state index in [2.05, 4.69) is 4.99 Å². The van der Waals surface area contributed by atoms with Gasteiger partial charge in [0.05, 0.1) is 11.1 Å². The maximum atomic E-state index is 13.1. The minimum absolute atomic E-state index is 0.132. The van der Waals surface area contributed by atoms with Crippen molar-refractivity contribution in [2.45, 2.75) is 39.3 Å². The Labute approximate surface area is 142 Å². The molecule has 0 aliphatic rings. The number of carbonyl (C=O) groups excluding carboxylic acids is 1. The molecule has 130 valence electrons. The molecule has 0 saturated carbocycles. The van der Waals surface area contributed by atoms with E-state index in [1.807, 2.05) is 27.7 Å². The Bertz CT molecular complexity index is 839. The zero-order chi connectivity index (χ0) is 18.3. The fraction of sp³-hybridized carbons (Fsp3) is 0.412. The summed E-state index contributed by atoms with van der Waals surface area (Å²) < 4.78 is 40.9. The average Bonchev–Trinajstić information content (AvgIpc) is 2.74. The maximum Gasteiger partial charge on any atom is 0.417 e. The Morgan fingerprint density at radius 1 is 1.17 bits per heavy atom. The van der Waals surface area contributed by atoms with Gasteiger partial charge in [-0.05, 0) is 24.5 Å². The highest BCUT2D eigenvalue weighted by Crippen LogP contribution is 2.32. The van der Waals surface area contributed by atoms with Crippen molar-refractivity contribution < 1.29 is 18.0 Å². The van der Waals surface area contributed by atoms with Crippen LogP contribution in [0, 0.1) is 6.92 Å². The van der Waals surface area contributed by atoms with Crippen LogP contribution >= 0.6 is 11.3 Å². The Hall–Kier alpha value is -1.89. The third-order valence-electron chi connectivity index (χ3n) is 3.65. The van der Waals surface area contributed by atoms with Gasteiger partial charge in [0.1, 0.15) is 0 Å². The van der Waals surface area contributed by atoms with E-state index in [0.717, 1.165) is 22.7 Å². The number of carbonyl (C=O) groups is 1. The fourth-order valence-electron chi connectivity index (χ4n) is 2.39. The van der Waals surface area contributed by atoms with Crippen molar-refractivity contribution in [3.8, 4) is 0 Å². The second kappa shape index (κ2) is 6.20. The van der Waals surface area contributed by atoms with Gasteiger partial charge in [-0.2, -0.15) is 18.2 Å². The number of hydrogen-bond acceptors (Lipinski definition) is 2. The highest BCUT2D eigenvalue weighted by atomic mass is 32.1. The van der Waals surface area contributed by atoms with E-state index in [1.165, 1.54) is 23.5 Å². The van der Waals surface area contributed by atoms with Crippen LogP contribution in [0.4, 0.5) is 13.2 Å². The van der Waals surface area contributed by atoms with Gasteiger partial charge in [0.2, 0.25) is 0 Å². The Balaban J connectivity index is 2.57. The smallest absolute Gasteiger partial charge is 0.324 e. The molecule has 1 aromatic carbocycles. The van der Waals surface area contributed by atoms with E-state index in [-0.39, 0.29) is 5.41 Å². The number of thiazole rings is 1. The van der Waals surface area contributed by atoms with Crippen molar-refractivity contribution in [2.75, 3.05) is 0 Å². The summed E-state index contributed by atoms with van der Waals surface area (Å²) in [6, 6.07) is 4.70. The van der Waals surface area contributed by atoms with Gasteiger partial charge in [-0.15, -0.1) is 11.3 Å². The zero-order valence-electron chi connectivity index (χ0n) is 14.2. The van der Waals surface area contributed by atoms with Crippen LogP contribution in [0.1, 0.15) is 47.3 Å². The molecule has 2 rings (SSSR count). The molecule has 1 heterocycles. The third kappa shape index (κ3) is 3.61. The topological polar surface area (TPSA) is 34.4 Å². The molecular weight excluding hydrogens is 337 g/mol. The van der Waals surface area contributed by atoms with Gasteiger partial charge in [-0.1, -0.05) is 32.9 Å². The van der Waals surface area contributed by atoms with E-state index < -0.39 is 23.2 Å². The second-order valence-electron chi connectivity index (χ2n) is 6.57. The first-order chi connectivity index (χ1) is 10.9. The molecule has 0 atom stereocenters. The zero-order valence-corrected chi connectivity index (χ0v) is 15.0. The molecule has 0 N–H and O–H groups in total. The number of halogens is 3. The van der Waals surface area contributed by atoms with Gasteiger partial charge in [0.25, 0.3) is 5.91 Å². The van der Waals surface area contributed by atoms with E-state index in [1.54, 1.807) is 11.6 Å². The first-order valence-electron chi connectivity index (χ1n) is 7.35. The molecule has 24 heavy (non-hydrogen) atoms. The first-order valence-corrected chi connectivity index (χ1v) is 8.16. The van der Waals surface area contributed by atoms with E-state index in [4.69, 9.17) is 0 Å². The van der Waals surface area contributed by atoms with E-state index in [0.29, 0.717) is 4.80 Å². The van der Waals surface area contributed by atoms with Crippen molar-refractivity contribution in [1.82, 2.24) is 4.57 Å². The van der Waals surface area contributed by atoms with Crippen LogP contribution in [-0.4, -0.2) is 10.5 Å². The van der Waals surface area contributed by atoms with Crippen LogP contribution < -0.4 is 4.80 Å². The minimum Gasteiger partial charge on any atom is -0.324 e.